The molecule has 0 saturated carbocycles. The summed E-state index contributed by atoms with van der Waals surface area (Å²) in [5.74, 6) is -0.683. The zero-order valence-corrected chi connectivity index (χ0v) is 13.4. The first-order valence-electron chi connectivity index (χ1n) is 7.25. The Morgan fingerprint density at radius 1 is 1.12 bits per heavy atom. The quantitative estimate of drug-likeness (QED) is 0.765. The van der Waals surface area contributed by atoms with Gasteiger partial charge in [-0.1, -0.05) is 29.8 Å². The molecule has 5 nitrogen and oxygen atoms in total. The van der Waals surface area contributed by atoms with E-state index in [1.807, 2.05) is 6.07 Å². The zero-order chi connectivity index (χ0) is 17.1. The smallest absolute Gasteiger partial charge is 0.248 e. The van der Waals surface area contributed by atoms with Gasteiger partial charge in [0.25, 0.3) is 0 Å². The molecule has 0 atom stereocenters. The molecule has 3 aromatic rings. The number of carbonyl (C=O) groups excluding carboxylic acids is 2. The van der Waals surface area contributed by atoms with Crippen LogP contribution in [0.3, 0.4) is 0 Å². The molecular formula is C18H14ClN3O2. The number of aromatic nitrogens is 1. The second-order valence-corrected chi connectivity index (χ2v) is 5.78. The van der Waals surface area contributed by atoms with E-state index >= 15 is 0 Å². The maximum absolute atomic E-state index is 12.3. The largest absolute Gasteiger partial charge is 0.366 e. The number of benzene rings is 2. The Morgan fingerprint density at radius 3 is 2.71 bits per heavy atom. The maximum atomic E-state index is 12.3. The SMILES string of the molecule is NC(=O)c1ccc2c(NC(=O)Cc3cccc(Cl)c3)cncc2c1. The molecule has 24 heavy (non-hydrogen) atoms. The highest BCUT2D eigenvalue weighted by molar-refractivity contribution is 6.30. The number of nitrogens with zero attached hydrogens (tertiary/aromatic N) is 1. The van der Waals surface area contributed by atoms with E-state index in [0.29, 0.717) is 16.3 Å². The van der Waals surface area contributed by atoms with Gasteiger partial charge in [0.1, 0.15) is 0 Å². The predicted octanol–water partition coefficient (Wildman–Crippen LogP) is 3.17. The number of carbonyl (C=O) groups is 2. The Bertz CT molecular complexity index is 940. The van der Waals surface area contributed by atoms with Crippen LogP contribution < -0.4 is 11.1 Å². The molecule has 120 valence electrons. The number of rotatable bonds is 4. The molecule has 3 N–H and O–H groups in total. The number of fused-ring (bicyclic) bond motifs is 1. The van der Waals surface area contributed by atoms with Gasteiger partial charge in [0, 0.05) is 27.6 Å². The maximum Gasteiger partial charge on any atom is 0.248 e. The highest BCUT2D eigenvalue weighted by Gasteiger charge is 2.09. The number of anilines is 1. The molecule has 0 saturated heterocycles. The second kappa shape index (κ2) is 6.68. The molecule has 0 unspecified atom stereocenters. The highest BCUT2D eigenvalue weighted by atomic mass is 35.5. The third-order valence-electron chi connectivity index (χ3n) is 3.57. The van der Waals surface area contributed by atoms with Gasteiger partial charge in [-0.25, -0.2) is 0 Å². The zero-order valence-electron chi connectivity index (χ0n) is 12.6. The van der Waals surface area contributed by atoms with Crippen LogP contribution in [0, 0.1) is 0 Å². The summed E-state index contributed by atoms with van der Waals surface area (Å²) in [6.07, 6.45) is 3.40. The summed E-state index contributed by atoms with van der Waals surface area (Å²) in [5, 5.41) is 4.94. The molecule has 6 heteroatoms. The van der Waals surface area contributed by atoms with Crippen molar-refractivity contribution < 1.29 is 9.59 Å². The molecule has 2 aromatic carbocycles. The lowest BCUT2D eigenvalue weighted by atomic mass is 10.1. The first-order valence-corrected chi connectivity index (χ1v) is 7.62. The van der Waals surface area contributed by atoms with Gasteiger partial charge in [-0.3, -0.25) is 14.6 Å². The van der Waals surface area contributed by atoms with E-state index < -0.39 is 5.91 Å². The molecule has 0 radical (unpaired) electrons. The molecule has 1 aromatic heterocycles. The van der Waals surface area contributed by atoms with Gasteiger partial charge in [0.15, 0.2) is 0 Å². The Hall–Kier alpha value is -2.92. The van der Waals surface area contributed by atoms with Crippen LogP contribution in [0.4, 0.5) is 5.69 Å². The summed E-state index contributed by atoms with van der Waals surface area (Å²) >= 11 is 5.93. The highest BCUT2D eigenvalue weighted by Crippen LogP contribution is 2.23. The first-order chi connectivity index (χ1) is 11.5. The Balaban J connectivity index is 1.84. The molecular weight excluding hydrogens is 326 g/mol. The van der Waals surface area contributed by atoms with Crippen molar-refractivity contribution in [3.63, 3.8) is 0 Å². The summed E-state index contributed by atoms with van der Waals surface area (Å²) in [7, 11) is 0. The molecule has 1 heterocycles. The lowest BCUT2D eigenvalue weighted by molar-refractivity contribution is -0.115. The van der Waals surface area contributed by atoms with Crippen LogP contribution in [0.25, 0.3) is 10.8 Å². The van der Waals surface area contributed by atoms with E-state index in [9.17, 15) is 9.59 Å². The second-order valence-electron chi connectivity index (χ2n) is 5.34. The number of halogens is 1. The number of nitrogens with two attached hydrogens (primary N) is 1. The van der Waals surface area contributed by atoms with Gasteiger partial charge < -0.3 is 11.1 Å². The minimum absolute atomic E-state index is 0.175. The number of hydrogen-bond donors (Lipinski definition) is 2. The summed E-state index contributed by atoms with van der Waals surface area (Å²) < 4.78 is 0. The molecule has 2 amide bonds. The van der Waals surface area contributed by atoms with Gasteiger partial charge in [0.05, 0.1) is 18.3 Å². The van der Waals surface area contributed by atoms with Crippen LogP contribution in [0.5, 0.6) is 0 Å². The topological polar surface area (TPSA) is 85.1 Å². The number of primary amides is 1. The Morgan fingerprint density at radius 2 is 1.96 bits per heavy atom. The molecule has 0 aliphatic carbocycles. The van der Waals surface area contributed by atoms with Crippen molar-refractivity contribution in [3.8, 4) is 0 Å². The van der Waals surface area contributed by atoms with Crippen molar-refractivity contribution in [1.82, 2.24) is 4.98 Å². The number of amides is 2. The normalized spacial score (nSPS) is 10.5. The van der Waals surface area contributed by atoms with E-state index in [1.54, 1.807) is 48.8 Å². The van der Waals surface area contributed by atoms with Crippen LogP contribution in [0.15, 0.2) is 54.9 Å². The number of pyridine rings is 1. The van der Waals surface area contributed by atoms with Crippen LogP contribution in [-0.2, 0) is 11.2 Å². The van der Waals surface area contributed by atoms with Crippen molar-refractivity contribution in [2.24, 2.45) is 5.73 Å². The van der Waals surface area contributed by atoms with E-state index in [-0.39, 0.29) is 12.3 Å². The fourth-order valence-electron chi connectivity index (χ4n) is 2.46. The molecule has 0 bridgehead atoms. The third-order valence-corrected chi connectivity index (χ3v) is 3.81. The van der Waals surface area contributed by atoms with Crippen LogP contribution in [0.1, 0.15) is 15.9 Å². The van der Waals surface area contributed by atoms with Crippen molar-refractivity contribution >= 4 is 39.9 Å². The van der Waals surface area contributed by atoms with Crippen molar-refractivity contribution in [1.29, 1.82) is 0 Å². The fraction of sp³-hybridized carbons (Fsp3) is 0.0556. The van der Waals surface area contributed by atoms with Crippen molar-refractivity contribution in [2.75, 3.05) is 5.32 Å². The van der Waals surface area contributed by atoms with E-state index in [0.717, 1.165) is 16.3 Å². The lowest BCUT2D eigenvalue weighted by Gasteiger charge is -2.09. The average Bonchev–Trinajstić information content (AvgIpc) is 2.54. The summed E-state index contributed by atoms with van der Waals surface area (Å²) in [6, 6.07) is 12.2. The summed E-state index contributed by atoms with van der Waals surface area (Å²) in [5.41, 5.74) is 7.08. The summed E-state index contributed by atoms with van der Waals surface area (Å²) in [6.45, 7) is 0. The summed E-state index contributed by atoms with van der Waals surface area (Å²) in [4.78, 5) is 27.6. The van der Waals surface area contributed by atoms with Crippen molar-refractivity contribution in [3.05, 3.63) is 71.0 Å². The van der Waals surface area contributed by atoms with Crippen LogP contribution >= 0.6 is 11.6 Å². The minimum Gasteiger partial charge on any atom is -0.366 e. The molecule has 0 aliphatic rings. The average molecular weight is 340 g/mol. The minimum atomic E-state index is -0.507. The number of nitrogens with one attached hydrogen (secondary N) is 1. The molecule has 0 fully saturated rings. The fourth-order valence-corrected chi connectivity index (χ4v) is 2.67. The first kappa shape index (κ1) is 16.0. The Kier molecular flexibility index (Phi) is 4.44. The molecule has 0 spiro atoms. The van der Waals surface area contributed by atoms with Gasteiger partial charge in [-0.15, -0.1) is 0 Å². The van der Waals surface area contributed by atoms with Gasteiger partial charge in [0.2, 0.25) is 11.8 Å². The van der Waals surface area contributed by atoms with Crippen molar-refractivity contribution in [2.45, 2.75) is 6.42 Å². The van der Waals surface area contributed by atoms with Gasteiger partial charge in [-0.2, -0.15) is 0 Å². The molecule has 3 rings (SSSR count). The predicted molar refractivity (Wildman–Crippen MR) is 94.0 cm³/mol. The van der Waals surface area contributed by atoms with E-state index in [4.69, 9.17) is 17.3 Å². The number of hydrogen-bond acceptors (Lipinski definition) is 3. The van der Waals surface area contributed by atoms with E-state index in [2.05, 4.69) is 10.3 Å². The lowest BCUT2D eigenvalue weighted by Crippen LogP contribution is -2.15. The molecule has 0 aliphatic heterocycles. The van der Waals surface area contributed by atoms with Gasteiger partial charge in [-0.05, 0) is 29.8 Å². The van der Waals surface area contributed by atoms with Crippen LogP contribution in [-0.4, -0.2) is 16.8 Å². The standard InChI is InChI=1S/C18H14ClN3O2/c19-14-3-1-2-11(6-14)7-17(23)22-16-10-21-9-13-8-12(18(20)24)4-5-15(13)16/h1-6,8-10H,7H2,(H2,20,24)(H,22,23). The van der Waals surface area contributed by atoms with Gasteiger partial charge >= 0.3 is 0 Å². The monoisotopic (exact) mass is 339 g/mol. The third kappa shape index (κ3) is 3.52. The van der Waals surface area contributed by atoms with Crippen LogP contribution in [0.2, 0.25) is 5.02 Å². The Labute approximate surface area is 143 Å². The van der Waals surface area contributed by atoms with E-state index in [1.165, 1.54) is 0 Å².